The summed E-state index contributed by atoms with van der Waals surface area (Å²) in [6.45, 7) is 7.51. The maximum Gasteiger partial charge on any atom is 0.335 e. The highest BCUT2D eigenvalue weighted by atomic mass is 16.3. The number of imidazole rings is 1. The Balaban J connectivity index is 2.16. The van der Waals surface area contributed by atoms with Gasteiger partial charge in [-0.15, -0.1) is 6.58 Å². The molecule has 4 rings (SSSR count). The van der Waals surface area contributed by atoms with Gasteiger partial charge in [-0.1, -0.05) is 36.4 Å². The van der Waals surface area contributed by atoms with Crippen LogP contribution in [0.4, 0.5) is 0 Å². The highest BCUT2D eigenvalue weighted by molar-refractivity contribution is 6.02. The molecule has 0 aliphatic heterocycles. The van der Waals surface area contributed by atoms with Crippen LogP contribution in [0, 0.1) is 13.8 Å². The average Bonchev–Trinajstić information content (AvgIpc) is 3.01. The SMILES string of the molecule is C=CCn1c(=O)n(-c2ccccc2C)c2nc(-c3ccc(C)c(O)c3)nc(C(N)=O)c21. The Kier molecular flexibility index (Phi) is 4.90. The molecule has 4 aromatic rings. The number of aromatic nitrogens is 4. The molecule has 0 unspecified atom stereocenters. The summed E-state index contributed by atoms with van der Waals surface area (Å²) in [7, 11) is 0. The van der Waals surface area contributed by atoms with E-state index in [1.54, 1.807) is 31.2 Å². The van der Waals surface area contributed by atoms with E-state index >= 15 is 0 Å². The molecule has 0 fully saturated rings. The number of primary amides is 1. The molecule has 0 radical (unpaired) electrons. The van der Waals surface area contributed by atoms with Gasteiger partial charge in [0.2, 0.25) is 0 Å². The summed E-state index contributed by atoms with van der Waals surface area (Å²) in [6.07, 6.45) is 1.56. The molecule has 8 nitrogen and oxygen atoms in total. The van der Waals surface area contributed by atoms with Gasteiger partial charge in [0.1, 0.15) is 11.3 Å². The second kappa shape index (κ2) is 7.56. The number of allylic oxidation sites excluding steroid dienone is 1. The summed E-state index contributed by atoms with van der Waals surface area (Å²) in [4.78, 5) is 34.7. The number of rotatable bonds is 5. The highest BCUT2D eigenvalue weighted by Crippen LogP contribution is 2.27. The molecular formula is C23H21N5O3. The van der Waals surface area contributed by atoms with Crippen LogP contribution in [0.3, 0.4) is 0 Å². The second-order valence-corrected chi connectivity index (χ2v) is 7.24. The molecule has 0 atom stereocenters. The highest BCUT2D eigenvalue weighted by Gasteiger charge is 2.24. The third-order valence-corrected chi connectivity index (χ3v) is 5.14. The van der Waals surface area contributed by atoms with Gasteiger partial charge >= 0.3 is 5.69 Å². The lowest BCUT2D eigenvalue weighted by Gasteiger charge is -2.09. The van der Waals surface area contributed by atoms with Gasteiger partial charge in [0.15, 0.2) is 17.2 Å². The van der Waals surface area contributed by atoms with Crippen LogP contribution >= 0.6 is 0 Å². The Bertz CT molecular complexity index is 1410. The molecule has 0 saturated heterocycles. The van der Waals surface area contributed by atoms with E-state index in [9.17, 15) is 14.7 Å². The second-order valence-electron chi connectivity index (χ2n) is 7.24. The largest absolute Gasteiger partial charge is 0.508 e. The summed E-state index contributed by atoms with van der Waals surface area (Å²) in [5, 5.41) is 10.1. The van der Waals surface area contributed by atoms with Crippen molar-refractivity contribution in [2.75, 3.05) is 0 Å². The molecule has 0 aliphatic carbocycles. The number of hydrogen-bond acceptors (Lipinski definition) is 5. The van der Waals surface area contributed by atoms with E-state index in [2.05, 4.69) is 16.5 Å². The van der Waals surface area contributed by atoms with Crippen molar-refractivity contribution in [3.05, 3.63) is 82.4 Å². The monoisotopic (exact) mass is 415 g/mol. The van der Waals surface area contributed by atoms with Crippen LogP contribution in [0.5, 0.6) is 5.75 Å². The number of phenolic OH excluding ortho intramolecular Hbond substituents is 1. The van der Waals surface area contributed by atoms with Crippen molar-refractivity contribution in [3.8, 4) is 22.8 Å². The van der Waals surface area contributed by atoms with Gasteiger partial charge in [0.05, 0.1) is 5.69 Å². The summed E-state index contributed by atoms with van der Waals surface area (Å²) in [5.41, 5.74) is 8.34. The fraction of sp³-hybridized carbons (Fsp3) is 0.130. The number of hydrogen-bond donors (Lipinski definition) is 2. The average molecular weight is 415 g/mol. The normalized spacial score (nSPS) is 11.0. The van der Waals surface area contributed by atoms with Crippen LogP contribution in [-0.4, -0.2) is 30.1 Å². The molecule has 0 bridgehead atoms. The van der Waals surface area contributed by atoms with Crippen LogP contribution in [0.25, 0.3) is 28.2 Å². The minimum atomic E-state index is -0.787. The maximum absolute atomic E-state index is 13.4. The molecule has 0 saturated carbocycles. The number of aromatic hydroxyl groups is 1. The zero-order chi connectivity index (χ0) is 22.3. The summed E-state index contributed by atoms with van der Waals surface area (Å²) < 4.78 is 2.82. The number of para-hydroxylation sites is 1. The third-order valence-electron chi connectivity index (χ3n) is 5.14. The Labute approximate surface area is 177 Å². The first kappa shape index (κ1) is 20.1. The van der Waals surface area contributed by atoms with E-state index in [1.165, 1.54) is 15.2 Å². The van der Waals surface area contributed by atoms with Crippen molar-refractivity contribution < 1.29 is 9.90 Å². The lowest BCUT2D eigenvalue weighted by atomic mass is 10.1. The first-order valence-corrected chi connectivity index (χ1v) is 9.63. The predicted molar refractivity (Wildman–Crippen MR) is 118 cm³/mol. The zero-order valence-electron chi connectivity index (χ0n) is 17.2. The Morgan fingerprint density at radius 1 is 1.16 bits per heavy atom. The van der Waals surface area contributed by atoms with Gasteiger partial charge in [-0.05, 0) is 37.1 Å². The van der Waals surface area contributed by atoms with Gasteiger partial charge in [-0.3, -0.25) is 9.36 Å². The number of benzene rings is 2. The summed E-state index contributed by atoms with van der Waals surface area (Å²) >= 11 is 0. The van der Waals surface area contributed by atoms with Crippen molar-refractivity contribution in [2.24, 2.45) is 5.73 Å². The van der Waals surface area contributed by atoms with Crippen LogP contribution in [0.1, 0.15) is 21.6 Å². The first-order chi connectivity index (χ1) is 14.8. The van der Waals surface area contributed by atoms with Crippen molar-refractivity contribution in [1.29, 1.82) is 0 Å². The Morgan fingerprint density at radius 2 is 1.90 bits per heavy atom. The quantitative estimate of drug-likeness (QED) is 0.486. The molecule has 2 heterocycles. The number of nitrogens with zero attached hydrogens (tertiary/aromatic N) is 4. The van der Waals surface area contributed by atoms with Crippen molar-refractivity contribution in [2.45, 2.75) is 20.4 Å². The van der Waals surface area contributed by atoms with E-state index in [1.807, 2.05) is 25.1 Å². The van der Waals surface area contributed by atoms with Gasteiger partial charge in [0.25, 0.3) is 5.91 Å². The van der Waals surface area contributed by atoms with E-state index in [4.69, 9.17) is 5.73 Å². The van der Waals surface area contributed by atoms with Crippen LogP contribution in [-0.2, 0) is 6.54 Å². The standard InChI is InChI=1S/C23H21N5O3/c1-4-11-27-19-18(20(24)30)25-21(15-10-9-14(3)17(29)12-15)26-22(19)28(23(27)31)16-8-6-5-7-13(16)2/h4-10,12,29H,1,11H2,2-3H3,(H2,24,30). The van der Waals surface area contributed by atoms with E-state index in [0.717, 1.165) is 5.56 Å². The predicted octanol–water partition coefficient (Wildman–Crippen LogP) is 2.86. The van der Waals surface area contributed by atoms with Gasteiger partial charge in [-0.2, -0.15) is 0 Å². The summed E-state index contributed by atoms with van der Waals surface area (Å²) in [5.74, 6) is -0.540. The van der Waals surface area contributed by atoms with Crippen LogP contribution in [0.2, 0.25) is 0 Å². The van der Waals surface area contributed by atoms with Crippen LogP contribution in [0.15, 0.2) is 59.9 Å². The molecule has 2 aromatic carbocycles. The molecular weight excluding hydrogens is 394 g/mol. The van der Waals surface area contributed by atoms with Crippen molar-refractivity contribution >= 4 is 17.1 Å². The number of carbonyl (C=O) groups is 1. The molecule has 8 heteroatoms. The van der Waals surface area contributed by atoms with Gasteiger partial charge in [-0.25, -0.2) is 19.3 Å². The van der Waals surface area contributed by atoms with Crippen molar-refractivity contribution in [3.63, 3.8) is 0 Å². The number of aryl methyl sites for hydroxylation is 2. The van der Waals surface area contributed by atoms with E-state index in [-0.39, 0.29) is 40.7 Å². The molecule has 31 heavy (non-hydrogen) atoms. The van der Waals surface area contributed by atoms with E-state index in [0.29, 0.717) is 16.8 Å². The molecule has 0 spiro atoms. The van der Waals surface area contributed by atoms with Gasteiger partial charge in [0, 0.05) is 12.1 Å². The Hall–Kier alpha value is -4.20. The zero-order valence-corrected chi connectivity index (χ0v) is 17.2. The smallest absolute Gasteiger partial charge is 0.335 e. The van der Waals surface area contributed by atoms with Crippen molar-refractivity contribution in [1.82, 2.24) is 19.1 Å². The molecule has 156 valence electrons. The molecule has 3 N–H and O–H groups in total. The van der Waals surface area contributed by atoms with Crippen LogP contribution < -0.4 is 11.4 Å². The van der Waals surface area contributed by atoms with E-state index < -0.39 is 5.91 Å². The first-order valence-electron chi connectivity index (χ1n) is 9.63. The third kappa shape index (κ3) is 3.28. The maximum atomic E-state index is 13.4. The minimum Gasteiger partial charge on any atom is -0.508 e. The topological polar surface area (TPSA) is 116 Å². The number of carbonyl (C=O) groups excluding carboxylic acids is 1. The minimum absolute atomic E-state index is 0.0716. The number of nitrogens with two attached hydrogens (primary N) is 1. The fourth-order valence-electron chi connectivity index (χ4n) is 3.53. The number of fused-ring (bicyclic) bond motifs is 1. The molecule has 0 aliphatic rings. The lowest BCUT2D eigenvalue weighted by molar-refractivity contribution is 0.0997. The number of phenols is 1. The number of amides is 1. The van der Waals surface area contributed by atoms with Gasteiger partial charge < -0.3 is 10.8 Å². The Morgan fingerprint density at radius 3 is 2.55 bits per heavy atom. The molecule has 1 amide bonds. The fourth-order valence-corrected chi connectivity index (χ4v) is 3.53. The lowest BCUT2D eigenvalue weighted by Crippen LogP contribution is -2.24. The summed E-state index contributed by atoms with van der Waals surface area (Å²) in [6, 6.07) is 12.3. The molecule has 2 aromatic heterocycles.